The number of ether oxygens (including phenoxy) is 1. The second-order valence-electron chi connectivity index (χ2n) is 7.58. The number of nitriles is 1. The molecule has 4 nitrogen and oxygen atoms in total. The molecule has 0 saturated heterocycles. The van der Waals surface area contributed by atoms with Crippen molar-refractivity contribution in [3.05, 3.63) is 100.0 Å². The highest BCUT2D eigenvalue weighted by molar-refractivity contribution is 7.11. The zero-order chi connectivity index (χ0) is 23.5. The number of aromatic nitrogens is 2. The zero-order valence-electron chi connectivity index (χ0n) is 18.2. The van der Waals surface area contributed by atoms with Crippen LogP contribution in [-0.2, 0) is 0 Å². The van der Waals surface area contributed by atoms with Gasteiger partial charge in [0.05, 0.1) is 23.9 Å². The molecule has 0 atom stereocenters. The van der Waals surface area contributed by atoms with Gasteiger partial charge in [0.2, 0.25) is 0 Å². The monoisotopic (exact) mass is 479 g/mol. The third-order valence-corrected chi connectivity index (χ3v) is 6.63. The highest BCUT2D eigenvalue weighted by Gasteiger charge is 2.12. The van der Waals surface area contributed by atoms with Gasteiger partial charge in [-0.15, -0.1) is 11.3 Å². The largest absolute Gasteiger partial charge is 0.497 e. The number of hydrogen-bond donors (Lipinski definition) is 0. The Morgan fingerprint density at radius 2 is 1.68 bits per heavy atom. The lowest BCUT2D eigenvalue weighted by Gasteiger charge is -2.05. The fourth-order valence-electron chi connectivity index (χ4n) is 3.66. The van der Waals surface area contributed by atoms with Gasteiger partial charge in [0.1, 0.15) is 22.0 Å². The Bertz CT molecular complexity index is 1550. The molecule has 164 valence electrons. The van der Waals surface area contributed by atoms with Gasteiger partial charge in [0.15, 0.2) is 0 Å². The van der Waals surface area contributed by atoms with Crippen LogP contribution in [0.4, 0.5) is 0 Å². The van der Waals surface area contributed by atoms with E-state index in [-0.39, 0.29) is 0 Å². The molecular weight excluding hydrogens is 462 g/mol. The zero-order valence-corrected chi connectivity index (χ0v) is 19.8. The predicted molar refractivity (Wildman–Crippen MR) is 140 cm³/mol. The number of halogens is 1. The van der Waals surface area contributed by atoms with Crippen LogP contribution in [-0.4, -0.2) is 17.1 Å². The quantitative estimate of drug-likeness (QED) is 0.191. The average molecular weight is 480 g/mol. The molecule has 0 fully saturated rings. The van der Waals surface area contributed by atoms with Gasteiger partial charge >= 0.3 is 0 Å². The van der Waals surface area contributed by atoms with Crippen LogP contribution in [0.25, 0.3) is 44.9 Å². The Labute approximate surface area is 206 Å². The molecular formula is C28H18ClN3OS. The van der Waals surface area contributed by atoms with Crippen LogP contribution in [0.2, 0.25) is 5.15 Å². The van der Waals surface area contributed by atoms with E-state index in [1.807, 2.05) is 47.8 Å². The van der Waals surface area contributed by atoms with E-state index in [4.69, 9.17) is 21.3 Å². The van der Waals surface area contributed by atoms with Gasteiger partial charge in [-0.2, -0.15) is 5.26 Å². The van der Waals surface area contributed by atoms with Crippen LogP contribution in [0.5, 0.6) is 5.75 Å². The smallest absolute Gasteiger partial charge is 0.137 e. The van der Waals surface area contributed by atoms with Gasteiger partial charge in [0.25, 0.3) is 0 Å². The molecule has 3 aromatic carbocycles. The SMILES string of the molecule is COc1ccc2cc(C=C(C#N)c3nc(-c4ccc(-c5ccccc5)cc4)cs3)c(Cl)nc2c1. The molecule has 0 amide bonds. The molecule has 6 heteroatoms. The predicted octanol–water partition coefficient (Wildman–Crippen LogP) is 7.75. The lowest BCUT2D eigenvalue weighted by atomic mass is 10.0. The second-order valence-corrected chi connectivity index (χ2v) is 8.79. The van der Waals surface area contributed by atoms with Crippen LogP contribution in [0, 0.1) is 11.3 Å². The fraction of sp³-hybridized carbons (Fsp3) is 0.0357. The number of nitrogens with zero attached hydrogens (tertiary/aromatic N) is 3. The third kappa shape index (κ3) is 4.42. The van der Waals surface area contributed by atoms with Gasteiger partial charge in [-0.3, -0.25) is 0 Å². The minimum Gasteiger partial charge on any atom is -0.497 e. The van der Waals surface area contributed by atoms with Crippen molar-refractivity contribution in [2.75, 3.05) is 7.11 Å². The summed E-state index contributed by atoms with van der Waals surface area (Å²) in [5.74, 6) is 0.712. The van der Waals surface area contributed by atoms with Gasteiger partial charge < -0.3 is 4.74 Å². The van der Waals surface area contributed by atoms with E-state index in [2.05, 4.69) is 47.5 Å². The van der Waals surface area contributed by atoms with Crippen LogP contribution in [0.3, 0.4) is 0 Å². The summed E-state index contributed by atoms with van der Waals surface area (Å²) in [6, 6.07) is 28.3. The third-order valence-electron chi connectivity index (χ3n) is 5.45. The van der Waals surface area contributed by atoms with Gasteiger partial charge in [-0.25, -0.2) is 9.97 Å². The van der Waals surface area contributed by atoms with Crippen LogP contribution < -0.4 is 4.74 Å². The summed E-state index contributed by atoms with van der Waals surface area (Å²) in [7, 11) is 1.61. The molecule has 0 unspecified atom stereocenters. The molecule has 34 heavy (non-hydrogen) atoms. The van der Waals surface area contributed by atoms with E-state index in [0.29, 0.717) is 27.0 Å². The lowest BCUT2D eigenvalue weighted by Crippen LogP contribution is -1.89. The first-order chi connectivity index (χ1) is 16.6. The highest BCUT2D eigenvalue weighted by atomic mass is 35.5. The molecule has 0 spiro atoms. The summed E-state index contributed by atoms with van der Waals surface area (Å²) >= 11 is 7.86. The number of allylic oxidation sites excluding steroid dienone is 1. The summed E-state index contributed by atoms with van der Waals surface area (Å²) in [5.41, 5.74) is 5.98. The van der Waals surface area contributed by atoms with E-state index in [9.17, 15) is 5.26 Å². The van der Waals surface area contributed by atoms with Crippen molar-refractivity contribution < 1.29 is 4.74 Å². The van der Waals surface area contributed by atoms with E-state index in [1.165, 1.54) is 16.9 Å². The Kier molecular flexibility index (Phi) is 6.09. The molecule has 0 radical (unpaired) electrons. The summed E-state index contributed by atoms with van der Waals surface area (Å²) in [6.45, 7) is 0. The van der Waals surface area contributed by atoms with E-state index in [1.54, 1.807) is 13.2 Å². The molecule has 0 aliphatic carbocycles. The molecule has 0 saturated carbocycles. The number of thiazole rings is 1. The van der Waals surface area contributed by atoms with Gasteiger partial charge in [0, 0.05) is 28.0 Å². The Morgan fingerprint density at radius 3 is 2.41 bits per heavy atom. The molecule has 5 aromatic rings. The average Bonchev–Trinajstić information content (AvgIpc) is 3.38. The lowest BCUT2D eigenvalue weighted by molar-refractivity contribution is 0.415. The van der Waals surface area contributed by atoms with Crippen molar-refractivity contribution in [1.82, 2.24) is 9.97 Å². The Balaban J connectivity index is 1.45. The molecule has 5 rings (SSSR count). The summed E-state index contributed by atoms with van der Waals surface area (Å²) in [4.78, 5) is 9.18. The first-order valence-electron chi connectivity index (χ1n) is 10.5. The van der Waals surface area contributed by atoms with Crippen molar-refractivity contribution >= 4 is 45.5 Å². The molecule has 2 aromatic heterocycles. The fourth-order valence-corrected chi connectivity index (χ4v) is 4.65. The van der Waals surface area contributed by atoms with Gasteiger partial charge in [-0.05, 0) is 35.4 Å². The van der Waals surface area contributed by atoms with Crippen molar-refractivity contribution in [2.24, 2.45) is 0 Å². The highest BCUT2D eigenvalue weighted by Crippen LogP contribution is 2.31. The minimum atomic E-state index is 0.321. The first kappa shape index (κ1) is 21.8. The molecule has 0 aliphatic heterocycles. The topological polar surface area (TPSA) is 58.8 Å². The maximum atomic E-state index is 9.82. The molecule has 0 N–H and O–H groups in total. The first-order valence-corrected chi connectivity index (χ1v) is 11.8. The summed E-state index contributed by atoms with van der Waals surface area (Å²) in [5, 5.41) is 13.7. The van der Waals surface area contributed by atoms with Crippen LogP contribution >= 0.6 is 22.9 Å². The standard InChI is InChI=1S/C28H18ClN3OS/c1-33-24-12-11-21-13-22(27(29)31-25(21)15-24)14-23(16-30)28-32-26(17-34-28)20-9-7-19(8-10-20)18-5-3-2-4-6-18/h2-15,17H,1H3. The Morgan fingerprint density at radius 1 is 0.941 bits per heavy atom. The normalized spacial score (nSPS) is 11.4. The minimum absolute atomic E-state index is 0.321. The van der Waals surface area contributed by atoms with Crippen molar-refractivity contribution in [2.45, 2.75) is 0 Å². The summed E-state index contributed by atoms with van der Waals surface area (Å²) < 4.78 is 5.25. The maximum Gasteiger partial charge on any atom is 0.137 e. The van der Waals surface area contributed by atoms with E-state index in [0.717, 1.165) is 27.7 Å². The molecule has 0 aliphatic rings. The number of methoxy groups -OCH3 is 1. The number of pyridine rings is 1. The van der Waals surface area contributed by atoms with Crippen molar-refractivity contribution in [3.63, 3.8) is 0 Å². The van der Waals surface area contributed by atoms with E-state index >= 15 is 0 Å². The Hall–Kier alpha value is -3.98. The number of fused-ring (bicyclic) bond motifs is 1. The number of rotatable bonds is 5. The van der Waals surface area contributed by atoms with Gasteiger partial charge in [-0.1, -0.05) is 66.2 Å². The molecule has 2 heterocycles. The molecule has 0 bridgehead atoms. The van der Waals surface area contributed by atoms with E-state index < -0.39 is 0 Å². The van der Waals surface area contributed by atoms with Crippen molar-refractivity contribution in [1.29, 1.82) is 5.26 Å². The second kappa shape index (κ2) is 9.48. The van der Waals surface area contributed by atoms with Crippen LogP contribution in [0.1, 0.15) is 10.6 Å². The van der Waals surface area contributed by atoms with Crippen molar-refractivity contribution in [3.8, 4) is 34.2 Å². The number of hydrogen-bond acceptors (Lipinski definition) is 5. The maximum absolute atomic E-state index is 9.82. The summed E-state index contributed by atoms with van der Waals surface area (Å²) in [6.07, 6.45) is 1.74. The van der Waals surface area contributed by atoms with Crippen LogP contribution in [0.15, 0.2) is 84.2 Å². The number of benzene rings is 3.